The average Bonchev–Trinajstić information content (AvgIpc) is 2.68. The molecule has 2 saturated carbocycles. The van der Waals surface area contributed by atoms with Crippen molar-refractivity contribution in [1.29, 1.82) is 0 Å². The lowest BCUT2D eigenvalue weighted by atomic mass is 9.56. The summed E-state index contributed by atoms with van der Waals surface area (Å²) < 4.78 is 0. The van der Waals surface area contributed by atoms with Crippen molar-refractivity contribution in [3.63, 3.8) is 0 Å². The average molecular weight is 454 g/mol. The molecule has 2 N–H and O–H groups in total. The number of rotatable bonds is 4. The molecule has 0 aromatic heterocycles. The Hall–Kier alpha value is -3.20. The predicted molar refractivity (Wildman–Crippen MR) is 116 cm³/mol. The van der Waals surface area contributed by atoms with E-state index in [1.807, 2.05) is 0 Å². The lowest BCUT2D eigenvalue weighted by Gasteiger charge is -2.44. The number of carbonyl (C=O) groups is 6. The summed E-state index contributed by atoms with van der Waals surface area (Å²) in [6, 6.07) is 3.17. The molecular weight excluding hydrogens is 428 g/mol. The first-order valence-electron chi connectivity index (χ1n) is 11.0. The number of fused-ring (bicyclic) bond motifs is 3. The fourth-order valence-corrected chi connectivity index (χ4v) is 5.67. The highest BCUT2D eigenvalue weighted by Gasteiger charge is 2.57. The number of nitrogens with zero attached hydrogens (tertiary/aromatic N) is 1. The van der Waals surface area contributed by atoms with Gasteiger partial charge >= 0.3 is 0 Å². The fraction of sp³-hybridized carbons (Fsp3) is 0.500. The number of hydrogen-bond acceptors (Lipinski definition) is 8. The summed E-state index contributed by atoms with van der Waals surface area (Å²) in [6.07, 6.45) is 0.647. The molecule has 5 atom stereocenters. The number of amides is 1. The van der Waals surface area contributed by atoms with Gasteiger partial charge in [-0.1, -0.05) is 6.07 Å². The van der Waals surface area contributed by atoms with Crippen molar-refractivity contribution in [3.8, 4) is 5.75 Å². The van der Waals surface area contributed by atoms with E-state index in [0.29, 0.717) is 18.4 Å². The smallest absolute Gasteiger partial charge is 0.238 e. The molecule has 1 aromatic rings. The van der Waals surface area contributed by atoms with Crippen LogP contribution in [0.2, 0.25) is 0 Å². The van der Waals surface area contributed by atoms with Crippen molar-refractivity contribution in [1.82, 2.24) is 4.90 Å². The van der Waals surface area contributed by atoms with E-state index in [9.17, 15) is 33.9 Å². The van der Waals surface area contributed by atoms with Gasteiger partial charge in [0.05, 0.1) is 29.6 Å². The SMILES string of the molecule is CC(=O)C1C(=O)CC2CC3Cc4ccc(NC(=O)CN(C)C)c(O)c4C(=O)C3C(=O)C2C1=O. The maximum absolute atomic E-state index is 13.4. The Morgan fingerprint density at radius 3 is 2.33 bits per heavy atom. The van der Waals surface area contributed by atoms with Crippen LogP contribution in [0.15, 0.2) is 12.1 Å². The van der Waals surface area contributed by atoms with Gasteiger partial charge in [0.2, 0.25) is 5.91 Å². The number of ketones is 5. The molecule has 9 heteroatoms. The molecule has 0 spiro atoms. The summed E-state index contributed by atoms with van der Waals surface area (Å²) in [6.45, 7) is 1.23. The number of carbonyl (C=O) groups excluding carboxylic acids is 6. The van der Waals surface area contributed by atoms with Crippen LogP contribution < -0.4 is 5.32 Å². The molecule has 33 heavy (non-hydrogen) atoms. The molecule has 5 unspecified atom stereocenters. The first-order chi connectivity index (χ1) is 15.5. The van der Waals surface area contributed by atoms with Gasteiger partial charge in [0.1, 0.15) is 17.5 Å². The van der Waals surface area contributed by atoms with Gasteiger partial charge in [-0.25, -0.2) is 0 Å². The predicted octanol–water partition coefficient (Wildman–Crippen LogP) is 0.816. The van der Waals surface area contributed by atoms with E-state index in [0.717, 1.165) is 6.92 Å². The standard InChI is InChI=1S/C24H26N2O7/c1-10(27)17-15(28)8-13-7-12-6-11-4-5-14(25-16(29)9-26(2)3)21(30)18(11)23(32)19(12)24(33)20(13)22(17)31/h4-5,12-13,17,19-20,30H,6-9H2,1-3H3,(H,25,29). The third kappa shape index (κ3) is 3.80. The second kappa shape index (κ2) is 8.30. The summed E-state index contributed by atoms with van der Waals surface area (Å²) in [5.41, 5.74) is 0.614. The third-order valence-electron chi connectivity index (χ3n) is 6.95. The highest BCUT2D eigenvalue weighted by atomic mass is 16.3. The number of aromatic hydroxyl groups is 1. The van der Waals surface area contributed by atoms with E-state index in [-0.39, 0.29) is 36.0 Å². The minimum Gasteiger partial charge on any atom is -0.505 e. The topological polar surface area (TPSA) is 138 Å². The lowest BCUT2D eigenvalue weighted by molar-refractivity contribution is -0.152. The van der Waals surface area contributed by atoms with E-state index in [2.05, 4.69) is 5.32 Å². The number of nitrogens with one attached hydrogen (secondary N) is 1. The molecule has 1 aromatic carbocycles. The van der Waals surface area contributed by atoms with E-state index < -0.39 is 58.3 Å². The monoisotopic (exact) mass is 454 g/mol. The van der Waals surface area contributed by atoms with Gasteiger partial charge in [-0.15, -0.1) is 0 Å². The molecule has 2 fully saturated rings. The molecule has 174 valence electrons. The first kappa shape index (κ1) is 23.0. The zero-order chi connectivity index (χ0) is 24.2. The van der Waals surface area contributed by atoms with Gasteiger partial charge < -0.3 is 15.3 Å². The number of phenols is 1. The van der Waals surface area contributed by atoms with Crippen LogP contribution in [0.4, 0.5) is 5.69 Å². The molecular formula is C24H26N2O7. The zero-order valence-electron chi connectivity index (χ0n) is 18.7. The minimum absolute atomic E-state index is 0.0202. The van der Waals surface area contributed by atoms with Crippen LogP contribution in [0, 0.1) is 29.6 Å². The molecule has 0 radical (unpaired) electrons. The van der Waals surface area contributed by atoms with Crippen LogP contribution in [0.5, 0.6) is 5.75 Å². The van der Waals surface area contributed by atoms with Crippen LogP contribution in [-0.2, 0) is 30.4 Å². The molecule has 1 amide bonds. The normalized spacial score (nSPS) is 28.8. The lowest BCUT2D eigenvalue weighted by Crippen LogP contribution is -2.55. The van der Waals surface area contributed by atoms with Crippen molar-refractivity contribution in [2.24, 2.45) is 29.6 Å². The van der Waals surface area contributed by atoms with E-state index in [4.69, 9.17) is 0 Å². The minimum atomic E-state index is -1.44. The van der Waals surface area contributed by atoms with Gasteiger partial charge in [-0.2, -0.15) is 0 Å². The van der Waals surface area contributed by atoms with Crippen molar-refractivity contribution in [2.75, 3.05) is 26.0 Å². The zero-order valence-corrected chi connectivity index (χ0v) is 18.7. The van der Waals surface area contributed by atoms with E-state index in [1.165, 1.54) is 6.07 Å². The molecule has 0 saturated heterocycles. The third-order valence-corrected chi connectivity index (χ3v) is 6.95. The summed E-state index contributed by atoms with van der Waals surface area (Å²) >= 11 is 0. The second-order valence-corrected chi connectivity index (χ2v) is 9.58. The van der Waals surface area contributed by atoms with Gasteiger partial charge in [0.15, 0.2) is 23.1 Å². The van der Waals surface area contributed by atoms with E-state index >= 15 is 0 Å². The van der Waals surface area contributed by atoms with Crippen LogP contribution in [0.3, 0.4) is 0 Å². The van der Waals surface area contributed by atoms with Crippen LogP contribution in [0.25, 0.3) is 0 Å². The molecule has 3 aliphatic carbocycles. The molecule has 4 rings (SSSR count). The van der Waals surface area contributed by atoms with Gasteiger partial charge in [-0.3, -0.25) is 28.8 Å². The maximum atomic E-state index is 13.4. The van der Waals surface area contributed by atoms with Crippen molar-refractivity contribution >= 4 is 40.5 Å². The van der Waals surface area contributed by atoms with Crippen LogP contribution in [-0.4, -0.2) is 65.5 Å². The highest BCUT2D eigenvalue weighted by molar-refractivity contribution is 6.28. The molecule has 0 aliphatic heterocycles. The van der Waals surface area contributed by atoms with Crippen LogP contribution >= 0.6 is 0 Å². The summed E-state index contributed by atoms with van der Waals surface area (Å²) in [5.74, 6) is -8.31. The van der Waals surface area contributed by atoms with Crippen molar-refractivity contribution in [3.05, 3.63) is 23.3 Å². The van der Waals surface area contributed by atoms with Gasteiger partial charge in [0, 0.05) is 6.42 Å². The van der Waals surface area contributed by atoms with Gasteiger partial charge in [0.25, 0.3) is 0 Å². The quantitative estimate of drug-likeness (QED) is 0.504. The summed E-state index contributed by atoms with van der Waals surface area (Å²) in [5, 5.41) is 13.4. The van der Waals surface area contributed by atoms with Crippen molar-refractivity contribution < 1.29 is 33.9 Å². The Labute approximate surface area is 190 Å². The summed E-state index contributed by atoms with van der Waals surface area (Å²) in [4.78, 5) is 77.7. The fourth-order valence-electron chi connectivity index (χ4n) is 5.67. The van der Waals surface area contributed by atoms with Gasteiger partial charge in [-0.05, 0) is 57.3 Å². The van der Waals surface area contributed by atoms with Crippen LogP contribution in [0.1, 0.15) is 35.7 Å². The van der Waals surface area contributed by atoms with Crippen molar-refractivity contribution in [2.45, 2.75) is 26.2 Å². The Balaban J connectivity index is 1.67. The number of hydrogen-bond donors (Lipinski definition) is 2. The Morgan fingerprint density at radius 1 is 1.03 bits per heavy atom. The van der Waals surface area contributed by atoms with E-state index in [1.54, 1.807) is 25.1 Å². The number of benzene rings is 1. The number of likely N-dealkylation sites (N-methyl/N-ethyl adjacent to an activating group) is 1. The number of phenolic OH excluding ortho intramolecular Hbond substituents is 1. The Kier molecular flexibility index (Phi) is 5.78. The Bertz CT molecular complexity index is 1110. The number of anilines is 1. The maximum Gasteiger partial charge on any atom is 0.238 e. The molecule has 9 nitrogen and oxygen atoms in total. The largest absolute Gasteiger partial charge is 0.505 e. The number of Topliss-reactive ketones (excluding diaryl/α,β-unsaturated/α-hetero) is 5. The Morgan fingerprint density at radius 2 is 1.70 bits per heavy atom. The molecule has 0 bridgehead atoms. The molecule has 0 heterocycles. The highest BCUT2D eigenvalue weighted by Crippen LogP contribution is 2.48. The second-order valence-electron chi connectivity index (χ2n) is 9.58. The summed E-state index contributed by atoms with van der Waals surface area (Å²) in [7, 11) is 3.43. The molecule has 3 aliphatic rings. The first-order valence-corrected chi connectivity index (χ1v) is 11.0.